The summed E-state index contributed by atoms with van der Waals surface area (Å²) in [5.41, 5.74) is -0.343. The van der Waals surface area contributed by atoms with Gasteiger partial charge < -0.3 is 14.4 Å². The molecule has 6 nitrogen and oxygen atoms in total. The van der Waals surface area contributed by atoms with Crippen molar-refractivity contribution >= 4 is 17.4 Å². The molecule has 0 aliphatic carbocycles. The molecule has 1 aromatic heterocycles. The number of halogens is 4. The number of ether oxygens (including phenoxy) is 2. The van der Waals surface area contributed by atoms with Crippen LogP contribution in [0.15, 0.2) is 53.3 Å². The van der Waals surface area contributed by atoms with E-state index >= 15 is 0 Å². The van der Waals surface area contributed by atoms with Gasteiger partial charge in [-0.05, 0) is 42.3 Å². The number of nitrogens with zero attached hydrogens (tertiary/aromatic N) is 3. The summed E-state index contributed by atoms with van der Waals surface area (Å²) in [6.07, 6.45) is -3.12. The van der Waals surface area contributed by atoms with E-state index in [4.69, 9.17) is 21.1 Å². The lowest BCUT2D eigenvalue weighted by Crippen LogP contribution is -2.36. The van der Waals surface area contributed by atoms with Gasteiger partial charge in [-0.25, -0.2) is 4.79 Å². The summed E-state index contributed by atoms with van der Waals surface area (Å²) in [6, 6.07) is 12.1. The van der Waals surface area contributed by atoms with E-state index in [1.807, 2.05) is 11.9 Å². The predicted octanol–water partition coefficient (Wildman–Crippen LogP) is 5.17. The summed E-state index contributed by atoms with van der Waals surface area (Å²) >= 11 is 5.64. The highest BCUT2D eigenvalue weighted by Crippen LogP contribution is 2.37. The summed E-state index contributed by atoms with van der Waals surface area (Å²) in [5.74, 6) is 1.50. The minimum atomic E-state index is -4.56. The van der Waals surface area contributed by atoms with Gasteiger partial charge in [0.05, 0.1) is 17.2 Å². The number of alkyl halides is 3. The Balaban J connectivity index is 1.36. The predicted molar refractivity (Wildman–Crippen MR) is 119 cm³/mol. The average Bonchev–Trinajstić information content (AvgIpc) is 2.76. The van der Waals surface area contributed by atoms with E-state index < -0.39 is 11.7 Å². The van der Waals surface area contributed by atoms with Crippen LogP contribution in [0, 0.1) is 0 Å². The van der Waals surface area contributed by atoms with Gasteiger partial charge in [0.25, 0.3) is 0 Å². The van der Waals surface area contributed by atoms with Gasteiger partial charge >= 0.3 is 11.9 Å². The number of hydrogen-bond donors (Lipinski definition) is 0. The molecule has 0 atom stereocenters. The van der Waals surface area contributed by atoms with E-state index in [0.717, 1.165) is 36.5 Å². The van der Waals surface area contributed by atoms with Crippen molar-refractivity contribution in [3.05, 3.63) is 75.2 Å². The van der Waals surface area contributed by atoms with Crippen molar-refractivity contribution in [3.63, 3.8) is 0 Å². The molecule has 1 aliphatic rings. The Morgan fingerprint density at radius 2 is 1.79 bits per heavy atom. The molecule has 4 rings (SSSR count). The molecule has 2 heterocycles. The Kier molecular flexibility index (Phi) is 6.51. The van der Waals surface area contributed by atoms with Crippen LogP contribution in [0.5, 0.6) is 17.4 Å². The summed E-state index contributed by atoms with van der Waals surface area (Å²) in [7, 11) is 1.92. The topological polar surface area (TPSA) is 56.6 Å². The SMILES string of the molecule is CN1CCCn2c1cc(OCCc1ccc(Oc3ccc(Cl)c(C(F)(F)F)c3)cc1)nc2=O. The summed E-state index contributed by atoms with van der Waals surface area (Å²) in [6.45, 7) is 1.82. The zero-order chi connectivity index (χ0) is 23.6. The highest BCUT2D eigenvalue weighted by atomic mass is 35.5. The first kappa shape index (κ1) is 23.0. The monoisotopic (exact) mass is 479 g/mol. The standard InChI is InChI=1S/C23H21ClF3N3O3/c1-29-10-2-11-30-21(29)14-20(28-22(30)31)32-12-9-15-3-5-16(6-4-15)33-17-7-8-19(24)18(13-17)23(25,26)27/h3-8,13-14H,2,9-12H2,1H3. The first-order chi connectivity index (χ1) is 15.7. The molecule has 0 bridgehead atoms. The summed E-state index contributed by atoms with van der Waals surface area (Å²) < 4.78 is 51.9. The fourth-order valence-corrected chi connectivity index (χ4v) is 3.80. The lowest BCUT2D eigenvalue weighted by Gasteiger charge is -2.28. The molecule has 1 aliphatic heterocycles. The van der Waals surface area contributed by atoms with Crippen LogP contribution in [0.2, 0.25) is 5.02 Å². The molecule has 0 amide bonds. The zero-order valence-corrected chi connectivity index (χ0v) is 18.5. The van der Waals surface area contributed by atoms with E-state index in [2.05, 4.69) is 4.98 Å². The molecule has 10 heteroatoms. The van der Waals surface area contributed by atoms with Crippen LogP contribution in [-0.4, -0.2) is 29.8 Å². The van der Waals surface area contributed by atoms with Crippen LogP contribution < -0.4 is 20.1 Å². The summed E-state index contributed by atoms with van der Waals surface area (Å²) in [5, 5.41) is -0.382. The van der Waals surface area contributed by atoms with Crippen molar-refractivity contribution in [1.82, 2.24) is 9.55 Å². The molecular weight excluding hydrogens is 459 g/mol. The van der Waals surface area contributed by atoms with Crippen molar-refractivity contribution in [3.8, 4) is 17.4 Å². The van der Waals surface area contributed by atoms with Gasteiger partial charge in [-0.3, -0.25) is 4.57 Å². The Hall–Kier alpha value is -3.20. The third-order valence-corrected chi connectivity index (χ3v) is 5.60. The molecule has 0 saturated carbocycles. The maximum Gasteiger partial charge on any atom is 0.417 e. The van der Waals surface area contributed by atoms with Crippen molar-refractivity contribution in [2.75, 3.05) is 25.1 Å². The molecule has 0 unspecified atom stereocenters. The fourth-order valence-electron chi connectivity index (χ4n) is 3.57. The second-order valence-corrected chi connectivity index (χ2v) is 8.05. The first-order valence-electron chi connectivity index (χ1n) is 10.3. The number of hydrogen-bond acceptors (Lipinski definition) is 5. The zero-order valence-electron chi connectivity index (χ0n) is 17.7. The number of aromatic nitrogens is 2. The Labute approximate surface area is 193 Å². The van der Waals surface area contributed by atoms with Gasteiger partial charge in [0, 0.05) is 32.6 Å². The van der Waals surface area contributed by atoms with Crippen LogP contribution in [0.3, 0.4) is 0 Å². The molecule has 3 aromatic rings. The lowest BCUT2D eigenvalue weighted by molar-refractivity contribution is -0.137. The van der Waals surface area contributed by atoms with Gasteiger partial charge in [0.15, 0.2) is 0 Å². The van der Waals surface area contributed by atoms with Crippen molar-refractivity contribution in [2.45, 2.75) is 25.6 Å². The van der Waals surface area contributed by atoms with Crippen molar-refractivity contribution in [2.24, 2.45) is 0 Å². The Morgan fingerprint density at radius 1 is 1.06 bits per heavy atom. The van der Waals surface area contributed by atoms with Gasteiger partial charge in [-0.2, -0.15) is 18.2 Å². The smallest absolute Gasteiger partial charge is 0.417 e. The van der Waals surface area contributed by atoms with Crippen molar-refractivity contribution in [1.29, 1.82) is 0 Å². The van der Waals surface area contributed by atoms with Crippen molar-refractivity contribution < 1.29 is 22.6 Å². The van der Waals surface area contributed by atoms with E-state index in [1.165, 1.54) is 6.07 Å². The van der Waals surface area contributed by atoms with E-state index in [9.17, 15) is 18.0 Å². The molecule has 174 valence electrons. The molecule has 0 saturated heterocycles. The highest BCUT2D eigenvalue weighted by Gasteiger charge is 2.33. The summed E-state index contributed by atoms with van der Waals surface area (Å²) in [4.78, 5) is 18.2. The Morgan fingerprint density at radius 3 is 2.52 bits per heavy atom. The second-order valence-electron chi connectivity index (χ2n) is 7.65. The highest BCUT2D eigenvalue weighted by molar-refractivity contribution is 6.31. The van der Waals surface area contributed by atoms with Gasteiger partial charge in [0.2, 0.25) is 5.88 Å². The fraction of sp³-hybridized carbons (Fsp3) is 0.304. The largest absolute Gasteiger partial charge is 0.477 e. The number of fused-ring (bicyclic) bond motifs is 1. The van der Waals surface area contributed by atoms with Crippen LogP contribution >= 0.6 is 11.6 Å². The van der Waals surface area contributed by atoms with E-state index in [1.54, 1.807) is 34.9 Å². The molecule has 33 heavy (non-hydrogen) atoms. The van der Waals surface area contributed by atoms with Gasteiger partial charge in [-0.15, -0.1) is 0 Å². The van der Waals surface area contributed by atoms with Crippen LogP contribution in [0.4, 0.5) is 19.0 Å². The molecular formula is C23H21ClF3N3O3. The average molecular weight is 480 g/mol. The third kappa shape index (κ3) is 5.42. The number of benzene rings is 2. The van der Waals surface area contributed by atoms with E-state index in [-0.39, 0.29) is 22.3 Å². The first-order valence-corrected chi connectivity index (χ1v) is 10.7. The minimum Gasteiger partial charge on any atom is -0.477 e. The van der Waals surface area contributed by atoms with Crippen LogP contribution in [0.1, 0.15) is 17.5 Å². The molecule has 0 radical (unpaired) electrons. The molecule has 0 N–H and O–H groups in total. The minimum absolute atomic E-state index is 0.0394. The lowest BCUT2D eigenvalue weighted by atomic mass is 10.1. The Bertz CT molecular complexity index is 1200. The normalized spacial score (nSPS) is 13.5. The molecule has 0 spiro atoms. The maximum absolute atomic E-state index is 13.0. The third-order valence-electron chi connectivity index (χ3n) is 5.28. The molecule has 0 fully saturated rings. The number of rotatable bonds is 6. The quantitative estimate of drug-likeness (QED) is 0.488. The molecule has 2 aromatic carbocycles. The van der Waals surface area contributed by atoms with Gasteiger partial charge in [-0.1, -0.05) is 23.7 Å². The number of anilines is 1. The van der Waals surface area contributed by atoms with E-state index in [0.29, 0.717) is 25.3 Å². The van der Waals surface area contributed by atoms with Crippen LogP contribution in [-0.2, 0) is 19.1 Å². The second kappa shape index (κ2) is 9.35. The van der Waals surface area contributed by atoms with Crippen LogP contribution in [0.25, 0.3) is 0 Å². The maximum atomic E-state index is 13.0. The van der Waals surface area contributed by atoms with Gasteiger partial charge in [0.1, 0.15) is 17.3 Å².